The van der Waals surface area contributed by atoms with Crippen LogP contribution in [0.5, 0.6) is 0 Å². The molecule has 2 saturated heterocycles. The Balaban J connectivity index is 2.07. The van der Waals surface area contributed by atoms with Crippen LogP contribution in [0, 0.1) is 5.41 Å². The molecule has 2 fully saturated rings. The van der Waals surface area contributed by atoms with E-state index < -0.39 is 56.1 Å². The fourth-order valence-electron chi connectivity index (χ4n) is 2.65. The number of fused-ring (bicyclic) bond motifs is 1. The molecule has 0 radical (unpaired) electrons. The van der Waals surface area contributed by atoms with E-state index in [0.29, 0.717) is 0 Å². The van der Waals surface area contributed by atoms with Crippen LogP contribution in [-0.2, 0) is 33.7 Å². The number of esters is 2. The van der Waals surface area contributed by atoms with Gasteiger partial charge in [0.25, 0.3) is 0 Å². The third-order valence-electron chi connectivity index (χ3n) is 4.20. The summed E-state index contributed by atoms with van der Waals surface area (Å²) in [6.45, 7) is 7.10. The highest BCUT2D eigenvalue weighted by molar-refractivity contribution is 7.93. The first-order chi connectivity index (χ1) is 10.3. The maximum Gasteiger partial charge on any atom is 0.333 e. The summed E-state index contributed by atoms with van der Waals surface area (Å²) in [5.74, 6) is -1.85. The van der Waals surface area contributed by atoms with Crippen LogP contribution in [0.3, 0.4) is 0 Å². The molecular weight excluding hydrogens is 326 g/mol. The number of β-lactam (4-membered cyclic amide) rings is 1. The average molecular weight is 347 g/mol. The van der Waals surface area contributed by atoms with E-state index in [-0.39, 0.29) is 6.42 Å². The smallest absolute Gasteiger partial charge is 0.333 e. The monoisotopic (exact) mass is 347 g/mol. The van der Waals surface area contributed by atoms with Crippen LogP contribution >= 0.6 is 0 Å². The van der Waals surface area contributed by atoms with Gasteiger partial charge in [-0.25, -0.2) is 13.2 Å². The normalized spacial score (nSPS) is 27.9. The average Bonchev–Trinajstić information content (AvgIpc) is 2.51. The van der Waals surface area contributed by atoms with Crippen molar-refractivity contribution in [3.63, 3.8) is 0 Å². The minimum atomic E-state index is -3.66. The van der Waals surface area contributed by atoms with Crippen LogP contribution in [0.1, 0.15) is 41.0 Å². The van der Waals surface area contributed by atoms with Crippen molar-refractivity contribution in [1.82, 2.24) is 4.90 Å². The fourth-order valence-corrected chi connectivity index (χ4v) is 4.77. The second kappa shape index (κ2) is 5.19. The zero-order chi connectivity index (χ0) is 17.8. The molecule has 2 heterocycles. The molecule has 130 valence electrons. The number of ether oxygens (including phenoxy) is 2. The highest BCUT2D eigenvalue weighted by Crippen LogP contribution is 2.45. The first-order valence-corrected chi connectivity index (χ1v) is 8.75. The van der Waals surface area contributed by atoms with Crippen LogP contribution in [0.2, 0.25) is 0 Å². The Kier molecular flexibility index (Phi) is 3.99. The number of carbonyl (C=O) groups is 3. The largest absolute Gasteiger partial charge is 0.427 e. The van der Waals surface area contributed by atoms with Crippen molar-refractivity contribution in [2.24, 2.45) is 5.41 Å². The molecule has 2 atom stereocenters. The Bertz CT molecular complexity index is 659. The summed E-state index contributed by atoms with van der Waals surface area (Å²) in [4.78, 5) is 36.6. The Hall–Kier alpha value is -1.64. The predicted octanol–water partition coefficient (Wildman–Crippen LogP) is 0.210. The predicted molar refractivity (Wildman–Crippen MR) is 78.5 cm³/mol. The zero-order valence-electron chi connectivity index (χ0n) is 13.8. The van der Waals surface area contributed by atoms with Crippen molar-refractivity contribution in [3.05, 3.63) is 0 Å². The lowest BCUT2D eigenvalue weighted by Crippen LogP contribution is -2.57. The van der Waals surface area contributed by atoms with Gasteiger partial charge in [-0.15, -0.1) is 0 Å². The Morgan fingerprint density at radius 2 is 1.83 bits per heavy atom. The van der Waals surface area contributed by atoms with Gasteiger partial charge in [-0.1, -0.05) is 0 Å². The molecule has 0 aromatic carbocycles. The molecule has 1 amide bonds. The third-order valence-corrected chi connectivity index (χ3v) is 7.00. The zero-order valence-corrected chi connectivity index (χ0v) is 14.6. The van der Waals surface area contributed by atoms with Crippen LogP contribution in [-0.4, -0.2) is 54.1 Å². The van der Waals surface area contributed by atoms with Crippen LogP contribution < -0.4 is 0 Å². The van der Waals surface area contributed by atoms with Crippen LogP contribution in [0.25, 0.3) is 0 Å². The molecule has 2 aliphatic heterocycles. The van der Waals surface area contributed by atoms with Crippen molar-refractivity contribution in [2.75, 3.05) is 6.79 Å². The van der Waals surface area contributed by atoms with Gasteiger partial charge in [0.1, 0.15) is 11.4 Å². The van der Waals surface area contributed by atoms with E-state index in [1.54, 1.807) is 20.8 Å². The quantitative estimate of drug-likeness (QED) is 0.408. The molecule has 0 unspecified atom stereocenters. The van der Waals surface area contributed by atoms with Crippen LogP contribution in [0.15, 0.2) is 0 Å². The van der Waals surface area contributed by atoms with E-state index >= 15 is 0 Å². The summed E-state index contributed by atoms with van der Waals surface area (Å²) in [7, 11) is -3.66. The van der Waals surface area contributed by atoms with E-state index in [2.05, 4.69) is 0 Å². The lowest BCUT2D eigenvalue weighted by Gasteiger charge is -2.36. The van der Waals surface area contributed by atoms with Gasteiger partial charge in [0.15, 0.2) is 9.84 Å². The van der Waals surface area contributed by atoms with Crippen molar-refractivity contribution >= 4 is 27.7 Å². The molecule has 2 aliphatic rings. The van der Waals surface area contributed by atoms with E-state index in [9.17, 15) is 22.8 Å². The first-order valence-electron chi connectivity index (χ1n) is 7.20. The molecule has 0 aromatic rings. The highest BCUT2D eigenvalue weighted by atomic mass is 32.2. The van der Waals surface area contributed by atoms with Gasteiger partial charge in [0.05, 0.1) is 16.6 Å². The molecule has 9 heteroatoms. The van der Waals surface area contributed by atoms with Gasteiger partial charge in [-0.2, -0.15) is 0 Å². The molecule has 23 heavy (non-hydrogen) atoms. The van der Waals surface area contributed by atoms with Gasteiger partial charge in [0.2, 0.25) is 12.7 Å². The second-order valence-electron chi connectivity index (χ2n) is 7.27. The number of amides is 1. The number of nitrogens with zero attached hydrogens (tertiary/aromatic N) is 1. The van der Waals surface area contributed by atoms with Crippen molar-refractivity contribution in [1.29, 1.82) is 0 Å². The maximum atomic E-state index is 12.4. The molecule has 0 aliphatic carbocycles. The standard InChI is InChI=1S/C14H21NO7S/c1-13(2,3)12(18)22-7-21-11(17)10-14(4,5)23(19,20)9-6-8(16)15(9)10/h9-10H,6-7H2,1-5H3/t9-,10+/m1/s1. The first kappa shape index (κ1) is 17.7. The SMILES string of the molecule is CC(C)(C)C(=O)OCOC(=O)[C@@H]1N2C(=O)C[C@H]2S(=O)(=O)C1(C)C. The van der Waals surface area contributed by atoms with Gasteiger partial charge < -0.3 is 14.4 Å². The highest BCUT2D eigenvalue weighted by Gasteiger charge is 2.68. The van der Waals surface area contributed by atoms with E-state index in [4.69, 9.17) is 9.47 Å². The number of sulfone groups is 1. The van der Waals surface area contributed by atoms with Gasteiger partial charge in [-0.05, 0) is 34.6 Å². The molecule has 8 nitrogen and oxygen atoms in total. The Morgan fingerprint density at radius 3 is 2.30 bits per heavy atom. The Labute approximate surface area is 135 Å². The molecule has 0 saturated carbocycles. The van der Waals surface area contributed by atoms with Crippen LogP contribution in [0.4, 0.5) is 0 Å². The number of hydrogen-bond donors (Lipinski definition) is 0. The van der Waals surface area contributed by atoms with Crippen molar-refractivity contribution in [2.45, 2.75) is 57.2 Å². The lowest BCUT2D eigenvalue weighted by atomic mass is 9.97. The molecular formula is C14H21NO7S. The summed E-state index contributed by atoms with van der Waals surface area (Å²) in [5, 5.41) is -0.973. The lowest BCUT2D eigenvalue weighted by molar-refractivity contribution is -0.179. The minimum absolute atomic E-state index is 0.117. The van der Waals surface area contributed by atoms with E-state index in [0.717, 1.165) is 4.90 Å². The fraction of sp³-hybridized carbons (Fsp3) is 0.786. The Morgan fingerprint density at radius 1 is 1.26 bits per heavy atom. The second-order valence-corrected chi connectivity index (χ2v) is 9.96. The summed E-state index contributed by atoms with van der Waals surface area (Å²) in [6.07, 6.45) is -0.117. The summed E-state index contributed by atoms with van der Waals surface area (Å²) >= 11 is 0. The maximum absolute atomic E-state index is 12.4. The van der Waals surface area contributed by atoms with Gasteiger partial charge in [0, 0.05) is 0 Å². The topological polar surface area (TPSA) is 107 Å². The van der Waals surface area contributed by atoms with Gasteiger partial charge >= 0.3 is 11.9 Å². The van der Waals surface area contributed by atoms with E-state index in [1.165, 1.54) is 13.8 Å². The molecule has 0 N–H and O–H groups in total. The molecule has 0 spiro atoms. The summed E-state index contributed by atoms with van der Waals surface area (Å²) in [6, 6.07) is -1.23. The number of rotatable bonds is 3. The van der Waals surface area contributed by atoms with Crippen molar-refractivity contribution < 1.29 is 32.3 Å². The van der Waals surface area contributed by atoms with Gasteiger partial charge in [-0.3, -0.25) is 9.59 Å². The molecule has 0 aromatic heterocycles. The number of carbonyl (C=O) groups excluding carboxylic acids is 3. The minimum Gasteiger partial charge on any atom is -0.427 e. The summed E-state index contributed by atoms with van der Waals surface area (Å²) < 4.78 is 33.0. The molecule has 2 rings (SSSR count). The third kappa shape index (κ3) is 2.60. The molecule has 0 bridgehead atoms. The van der Waals surface area contributed by atoms with Crippen molar-refractivity contribution in [3.8, 4) is 0 Å². The van der Waals surface area contributed by atoms with E-state index in [1.807, 2.05) is 0 Å². The summed E-state index contributed by atoms with van der Waals surface area (Å²) in [5.41, 5.74) is -0.749. The number of hydrogen-bond acceptors (Lipinski definition) is 7.